The summed E-state index contributed by atoms with van der Waals surface area (Å²) in [5.41, 5.74) is 0. The molecule has 114 valence electrons. The summed E-state index contributed by atoms with van der Waals surface area (Å²) in [6.07, 6.45) is 22.0. The quantitative estimate of drug-likeness (QED) is 0.291. The molecule has 0 aliphatic heterocycles. The molecule has 0 N–H and O–H groups in total. The van der Waals surface area contributed by atoms with Gasteiger partial charge in [-0.05, 0) is 45.4 Å². The zero-order chi connectivity index (χ0) is 15.8. The lowest BCUT2D eigenvalue weighted by Crippen LogP contribution is -1.89. The van der Waals surface area contributed by atoms with Gasteiger partial charge < -0.3 is 4.79 Å². The third-order valence-electron chi connectivity index (χ3n) is 3.07. The van der Waals surface area contributed by atoms with Gasteiger partial charge in [0.15, 0.2) is 0 Å². The van der Waals surface area contributed by atoms with Crippen molar-refractivity contribution >= 4 is 5.78 Å². The monoisotopic (exact) mass is 277 g/mol. The Morgan fingerprint density at radius 2 is 1.55 bits per heavy atom. The molecule has 1 atom stereocenters. The molecular weight excluding hydrogens is 244 g/mol. The highest BCUT2D eigenvalue weighted by molar-refractivity contribution is 5.75. The normalized spacial score (nSPS) is 14.4. The third kappa shape index (κ3) is 16.9. The van der Waals surface area contributed by atoms with Crippen LogP contribution in [-0.4, -0.2) is 5.78 Å². The largest absolute Gasteiger partial charge is 0.300 e. The second-order valence-corrected chi connectivity index (χ2v) is 5.17. The van der Waals surface area contributed by atoms with Crippen molar-refractivity contribution in [1.29, 1.82) is 0 Å². The summed E-state index contributed by atoms with van der Waals surface area (Å²) >= 11 is 0. The van der Waals surface area contributed by atoms with E-state index in [-0.39, 0.29) is 6.40 Å². The molecule has 0 aromatic carbocycles. The van der Waals surface area contributed by atoms with Gasteiger partial charge in [-0.2, -0.15) is 0 Å². The molecule has 0 rings (SSSR count). The highest BCUT2D eigenvalue weighted by atomic mass is 16.1. The molecule has 0 aliphatic carbocycles. The Hall–Kier alpha value is -1.11. The molecule has 1 unspecified atom stereocenters. The highest BCUT2D eigenvalue weighted by Gasteiger charge is 1.93. The van der Waals surface area contributed by atoms with Gasteiger partial charge in [0, 0.05) is 7.79 Å². The maximum atomic E-state index is 10.8. The first-order chi connectivity index (χ1) is 10.2. The number of hydrogen-bond acceptors (Lipinski definition) is 1. The maximum absolute atomic E-state index is 10.8. The van der Waals surface area contributed by atoms with Gasteiger partial charge in [-0.15, -0.1) is 0 Å². The van der Waals surface area contributed by atoms with E-state index in [0.29, 0.717) is 5.78 Å². The lowest BCUT2D eigenvalue weighted by atomic mass is 10.1. The molecule has 0 aromatic heterocycles. The number of Topliss-reactive ketones (excluding diaryl/α,β-unsaturated/α-hetero) is 1. The van der Waals surface area contributed by atoms with Crippen LogP contribution in [0.1, 0.15) is 79.4 Å². The summed E-state index contributed by atoms with van der Waals surface area (Å²) in [7, 11) is 0. The molecule has 0 aromatic rings. The van der Waals surface area contributed by atoms with E-state index in [1.54, 1.807) is 6.92 Å². The fourth-order valence-corrected chi connectivity index (χ4v) is 1.90. The lowest BCUT2D eigenvalue weighted by molar-refractivity contribution is -0.117. The van der Waals surface area contributed by atoms with E-state index in [4.69, 9.17) is 1.37 Å². The van der Waals surface area contributed by atoms with Crippen molar-refractivity contribution in [3.8, 4) is 0 Å². The van der Waals surface area contributed by atoms with Crippen molar-refractivity contribution in [3.05, 3.63) is 36.5 Å². The van der Waals surface area contributed by atoms with Crippen LogP contribution in [0.5, 0.6) is 0 Å². The fourth-order valence-electron chi connectivity index (χ4n) is 1.90. The summed E-state index contributed by atoms with van der Waals surface area (Å²) in [4.78, 5) is 10.8. The van der Waals surface area contributed by atoms with E-state index in [2.05, 4.69) is 25.2 Å². The first kappa shape index (κ1) is 16.9. The van der Waals surface area contributed by atoms with E-state index in [0.717, 1.165) is 32.1 Å². The van der Waals surface area contributed by atoms with E-state index < -0.39 is 0 Å². The number of hydrogen-bond donors (Lipinski definition) is 0. The van der Waals surface area contributed by atoms with Gasteiger partial charge in [0.05, 0.1) is 0 Å². The minimum Gasteiger partial charge on any atom is -0.300 e. The molecule has 0 aliphatic rings. The minimum atomic E-state index is -0.201. The smallest absolute Gasteiger partial charge is 0.129 e. The molecule has 0 amide bonds. The van der Waals surface area contributed by atoms with Crippen LogP contribution in [0.25, 0.3) is 0 Å². The maximum Gasteiger partial charge on any atom is 0.129 e. The van der Waals surface area contributed by atoms with Crippen LogP contribution in [-0.2, 0) is 4.79 Å². The van der Waals surface area contributed by atoms with E-state index in [1.807, 2.05) is 18.2 Å². The molecule has 1 heteroatoms. The lowest BCUT2D eigenvalue weighted by Gasteiger charge is -1.98. The van der Waals surface area contributed by atoms with Gasteiger partial charge in [-0.25, -0.2) is 0 Å². The predicted octanol–water partition coefficient (Wildman–Crippen LogP) is 6.16. The SMILES string of the molecule is [2H]C(/C=C\CC)/C=C\C/C=C\CCCCCCCC(C)=O. The second-order valence-electron chi connectivity index (χ2n) is 5.17. The Bertz CT molecular complexity index is 328. The molecular formula is C19H32O. The molecule has 0 fully saturated rings. The summed E-state index contributed by atoms with van der Waals surface area (Å²) in [6, 6.07) is 0. The molecule has 0 heterocycles. The third-order valence-corrected chi connectivity index (χ3v) is 3.07. The number of rotatable bonds is 13. The van der Waals surface area contributed by atoms with Crippen LogP contribution in [0.4, 0.5) is 0 Å². The summed E-state index contributed by atoms with van der Waals surface area (Å²) < 4.78 is 7.71. The molecule has 0 saturated heterocycles. The van der Waals surface area contributed by atoms with Gasteiger partial charge in [-0.1, -0.05) is 62.6 Å². The Balaban J connectivity index is 3.38. The van der Waals surface area contributed by atoms with Crippen LogP contribution >= 0.6 is 0 Å². The molecule has 0 bridgehead atoms. The van der Waals surface area contributed by atoms with E-state index in [9.17, 15) is 4.79 Å². The number of carbonyl (C=O) groups excluding carboxylic acids is 1. The van der Waals surface area contributed by atoms with Gasteiger partial charge in [0.1, 0.15) is 5.78 Å². The van der Waals surface area contributed by atoms with E-state index in [1.165, 1.54) is 25.7 Å². The highest BCUT2D eigenvalue weighted by Crippen LogP contribution is 2.08. The Morgan fingerprint density at radius 1 is 0.900 bits per heavy atom. The van der Waals surface area contributed by atoms with Gasteiger partial charge in [0.25, 0.3) is 0 Å². The van der Waals surface area contributed by atoms with Crippen molar-refractivity contribution in [2.75, 3.05) is 0 Å². The Morgan fingerprint density at radius 3 is 2.30 bits per heavy atom. The van der Waals surface area contributed by atoms with Crippen molar-refractivity contribution in [3.63, 3.8) is 0 Å². The summed E-state index contributed by atoms with van der Waals surface area (Å²) in [5.74, 6) is 0.311. The molecule has 1 nitrogen and oxygen atoms in total. The van der Waals surface area contributed by atoms with Crippen molar-refractivity contribution in [2.24, 2.45) is 0 Å². The van der Waals surface area contributed by atoms with Crippen molar-refractivity contribution < 1.29 is 6.17 Å². The Kier molecular flexibility index (Phi) is 13.5. The van der Waals surface area contributed by atoms with Crippen LogP contribution in [0, 0.1) is 0 Å². The fraction of sp³-hybridized carbons (Fsp3) is 0.632. The van der Waals surface area contributed by atoms with Crippen LogP contribution in [0.15, 0.2) is 36.5 Å². The second kappa shape index (κ2) is 15.9. The van der Waals surface area contributed by atoms with Gasteiger partial charge in [0.2, 0.25) is 0 Å². The summed E-state index contributed by atoms with van der Waals surface area (Å²) in [6.45, 7) is 3.75. The van der Waals surface area contributed by atoms with Crippen LogP contribution in [0.2, 0.25) is 0 Å². The average Bonchev–Trinajstić information content (AvgIpc) is 2.45. The molecule has 20 heavy (non-hydrogen) atoms. The van der Waals surface area contributed by atoms with Crippen molar-refractivity contribution in [1.82, 2.24) is 0 Å². The zero-order valence-electron chi connectivity index (χ0n) is 14.3. The minimum absolute atomic E-state index is 0.201. The van der Waals surface area contributed by atoms with Gasteiger partial charge >= 0.3 is 0 Å². The van der Waals surface area contributed by atoms with Crippen molar-refractivity contribution in [2.45, 2.75) is 78.0 Å². The predicted molar refractivity (Wildman–Crippen MR) is 89.9 cm³/mol. The molecule has 0 saturated carbocycles. The summed E-state index contributed by atoms with van der Waals surface area (Å²) in [5, 5.41) is 0. The van der Waals surface area contributed by atoms with Gasteiger partial charge in [-0.3, -0.25) is 0 Å². The first-order valence-electron chi connectivity index (χ1n) is 8.64. The standard InChI is InChI=1S/C19H32O/c1-3-4-5-6-7-8-9-10-11-12-13-14-15-16-17-18-19(2)20/h4-5,7-8,10-11H,3,6,9,12-18H2,1-2H3/b5-4-,8-7-,11-10-/i6D. The number of carbonyl (C=O) groups is 1. The number of allylic oxidation sites excluding steroid dienone is 6. The average molecular weight is 277 g/mol. The number of unbranched alkanes of at least 4 members (excludes halogenated alkanes) is 5. The topological polar surface area (TPSA) is 17.1 Å². The molecule has 0 spiro atoms. The first-order valence-corrected chi connectivity index (χ1v) is 8.06. The Labute approximate surface area is 127 Å². The zero-order valence-corrected chi connectivity index (χ0v) is 13.3. The van der Waals surface area contributed by atoms with Crippen LogP contribution < -0.4 is 0 Å². The van der Waals surface area contributed by atoms with Crippen LogP contribution in [0.3, 0.4) is 0 Å². The molecule has 0 radical (unpaired) electrons. The number of ketones is 1. The van der Waals surface area contributed by atoms with E-state index >= 15 is 0 Å².